The first kappa shape index (κ1) is 19.7. The Morgan fingerprint density at radius 2 is 2.04 bits per heavy atom. The number of ether oxygens (including phenoxy) is 1. The molecule has 2 aromatic rings. The van der Waals surface area contributed by atoms with Crippen molar-refractivity contribution in [3.05, 3.63) is 69.7 Å². The lowest BCUT2D eigenvalue weighted by Crippen LogP contribution is -2.23. The summed E-state index contributed by atoms with van der Waals surface area (Å²) in [5, 5.41) is 12.2. The number of rotatable bonds is 8. The van der Waals surface area contributed by atoms with Crippen LogP contribution in [0, 0.1) is 11.3 Å². The van der Waals surface area contributed by atoms with E-state index in [9.17, 15) is 10.1 Å². The van der Waals surface area contributed by atoms with E-state index in [1.807, 2.05) is 54.6 Å². The second-order valence-corrected chi connectivity index (χ2v) is 6.64. The van der Waals surface area contributed by atoms with Crippen LogP contribution in [0.15, 0.2) is 58.6 Å². The van der Waals surface area contributed by atoms with Gasteiger partial charge in [-0.05, 0) is 36.3 Å². The Bertz CT molecular complexity index is 811. The number of hydrogen-bond acceptors (Lipinski definition) is 3. The van der Waals surface area contributed by atoms with Crippen molar-refractivity contribution < 1.29 is 9.53 Å². The van der Waals surface area contributed by atoms with Crippen molar-refractivity contribution in [2.75, 3.05) is 6.61 Å². The van der Waals surface area contributed by atoms with Crippen molar-refractivity contribution in [2.24, 2.45) is 0 Å². The van der Waals surface area contributed by atoms with Crippen LogP contribution in [0.2, 0.25) is 0 Å². The first-order chi connectivity index (χ1) is 12.6. The average Bonchev–Trinajstić information content (AvgIpc) is 2.66. The third kappa shape index (κ3) is 6.05. The predicted octanol–water partition coefficient (Wildman–Crippen LogP) is 4.85. The highest BCUT2D eigenvalue weighted by atomic mass is 79.9. The zero-order valence-electron chi connectivity index (χ0n) is 14.7. The highest BCUT2D eigenvalue weighted by Gasteiger charge is 2.11. The summed E-state index contributed by atoms with van der Waals surface area (Å²) in [7, 11) is 0. The zero-order valence-corrected chi connectivity index (χ0v) is 16.3. The van der Waals surface area contributed by atoms with Gasteiger partial charge in [-0.1, -0.05) is 59.6 Å². The number of nitrogens with one attached hydrogen (secondary N) is 1. The molecule has 4 nitrogen and oxygen atoms in total. The number of hydrogen-bond donors (Lipinski definition) is 1. The number of nitriles is 1. The molecule has 0 unspecified atom stereocenters. The van der Waals surface area contributed by atoms with Crippen LogP contribution in [-0.4, -0.2) is 12.5 Å². The maximum Gasteiger partial charge on any atom is 0.262 e. The monoisotopic (exact) mass is 412 g/mol. The van der Waals surface area contributed by atoms with Gasteiger partial charge in [-0.25, -0.2) is 0 Å². The van der Waals surface area contributed by atoms with Crippen LogP contribution >= 0.6 is 15.9 Å². The van der Waals surface area contributed by atoms with E-state index >= 15 is 0 Å². The van der Waals surface area contributed by atoms with Gasteiger partial charge in [0.05, 0.1) is 6.61 Å². The van der Waals surface area contributed by atoms with Crippen LogP contribution in [0.3, 0.4) is 0 Å². The summed E-state index contributed by atoms with van der Waals surface area (Å²) in [6.07, 6.45) is 3.54. The summed E-state index contributed by atoms with van der Waals surface area (Å²) in [6.45, 7) is 3.06. The minimum absolute atomic E-state index is 0.0411. The highest BCUT2D eigenvalue weighted by Crippen LogP contribution is 2.26. The minimum Gasteiger partial charge on any atom is -0.493 e. The van der Waals surface area contributed by atoms with E-state index < -0.39 is 5.91 Å². The van der Waals surface area contributed by atoms with E-state index in [4.69, 9.17) is 4.74 Å². The molecule has 0 saturated heterocycles. The SMILES string of the molecule is CCCCOc1ccc(Br)cc1C=C(C#N)C(=O)NCc1ccccc1. The van der Waals surface area contributed by atoms with Crippen molar-refractivity contribution in [2.45, 2.75) is 26.3 Å². The Balaban J connectivity index is 2.15. The van der Waals surface area contributed by atoms with Crippen LogP contribution in [0.4, 0.5) is 0 Å². The Morgan fingerprint density at radius 1 is 1.27 bits per heavy atom. The fourth-order valence-electron chi connectivity index (χ4n) is 2.27. The molecule has 5 heteroatoms. The van der Waals surface area contributed by atoms with Crippen LogP contribution in [-0.2, 0) is 11.3 Å². The van der Waals surface area contributed by atoms with Crippen molar-refractivity contribution in [1.29, 1.82) is 5.26 Å². The third-order valence-corrected chi connectivity index (χ3v) is 4.18. The van der Waals surface area contributed by atoms with Crippen LogP contribution in [0.1, 0.15) is 30.9 Å². The number of nitrogens with zero attached hydrogens (tertiary/aromatic N) is 1. The molecule has 0 radical (unpaired) electrons. The van der Waals surface area contributed by atoms with E-state index in [1.165, 1.54) is 0 Å². The summed E-state index contributed by atoms with van der Waals surface area (Å²) in [5.41, 5.74) is 1.71. The Kier molecular flexibility index (Phi) is 7.91. The van der Waals surface area contributed by atoms with Gasteiger partial charge in [0, 0.05) is 16.6 Å². The fourth-order valence-corrected chi connectivity index (χ4v) is 2.65. The van der Waals surface area contributed by atoms with Crippen molar-refractivity contribution in [1.82, 2.24) is 5.32 Å². The van der Waals surface area contributed by atoms with E-state index in [1.54, 1.807) is 6.08 Å². The third-order valence-electron chi connectivity index (χ3n) is 3.69. The Morgan fingerprint density at radius 3 is 2.73 bits per heavy atom. The van der Waals surface area contributed by atoms with Crippen molar-refractivity contribution in [3.8, 4) is 11.8 Å². The van der Waals surface area contributed by atoms with E-state index in [2.05, 4.69) is 28.2 Å². The number of benzene rings is 2. The molecular formula is C21H21BrN2O2. The van der Waals surface area contributed by atoms with E-state index in [-0.39, 0.29) is 5.57 Å². The molecule has 0 aliphatic rings. The second-order valence-electron chi connectivity index (χ2n) is 5.72. The fraction of sp³-hybridized carbons (Fsp3) is 0.238. The van der Waals surface area contributed by atoms with Gasteiger partial charge in [-0.3, -0.25) is 4.79 Å². The summed E-state index contributed by atoms with van der Waals surface area (Å²) >= 11 is 3.42. The topological polar surface area (TPSA) is 62.1 Å². The lowest BCUT2D eigenvalue weighted by molar-refractivity contribution is -0.117. The van der Waals surface area contributed by atoms with Crippen molar-refractivity contribution >= 4 is 27.9 Å². The molecule has 0 aliphatic heterocycles. The van der Waals surface area contributed by atoms with Gasteiger partial charge in [0.1, 0.15) is 17.4 Å². The lowest BCUT2D eigenvalue weighted by atomic mass is 10.1. The number of carbonyl (C=O) groups is 1. The van der Waals surface area contributed by atoms with E-state index in [0.717, 1.165) is 22.9 Å². The average molecular weight is 413 g/mol. The van der Waals surface area contributed by atoms with E-state index in [0.29, 0.717) is 24.5 Å². The molecule has 1 amide bonds. The molecule has 26 heavy (non-hydrogen) atoms. The van der Waals surface area contributed by atoms with Gasteiger partial charge >= 0.3 is 0 Å². The predicted molar refractivity (Wildman–Crippen MR) is 106 cm³/mol. The maximum atomic E-state index is 12.4. The molecule has 0 bridgehead atoms. The first-order valence-electron chi connectivity index (χ1n) is 8.50. The standard InChI is InChI=1S/C21H21BrN2O2/c1-2-3-11-26-20-10-9-19(22)13-17(20)12-18(14-23)21(25)24-15-16-7-5-4-6-8-16/h4-10,12-13H,2-3,11,15H2,1H3,(H,24,25). The number of carbonyl (C=O) groups excluding carboxylic acids is 1. The molecule has 0 spiro atoms. The van der Waals surface area contributed by atoms with Gasteiger partial charge < -0.3 is 10.1 Å². The van der Waals surface area contributed by atoms with Gasteiger partial charge in [0.2, 0.25) is 0 Å². The number of unbranched alkanes of at least 4 members (excludes halogenated alkanes) is 1. The number of halogens is 1. The van der Waals surface area contributed by atoms with Crippen LogP contribution in [0.25, 0.3) is 6.08 Å². The summed E-state index contributed by atoms with van der Waals surface area (Å²) in [5.74, 6) is 0.251. The Hall–Kier alpha value is -2.58. The molecule has 0 saturated carbocycles. The molecule has 2 rings (SSSR count). The van der Waals surface area contributed by atoms with Gasteiger partial charge in [0.15, 0.2) is 0 Å². The normalized spacial score (nSPS) is 10.9. The molecule has 0 aliphatic carbocycles. The summed E-state index contributed by atoms with van der Waals surface area (Å²) in [4.78, 5) is 12.4. The number of amides is 1. The molecule has 0 aromatic heterocycles. The van der Waals surface area contributed by atoms with Crippen molar-refractivity contribution in [3.63, 3.8) is 0 Å². The van der Waals surface area contributed by atoms with Crippen LogP contribution in [0.5, 0.6) is 5.75 Å². The molecule has 0 atom stereocenters. The first-order valence-corrected chi connectivity index (χ1v) is 9.29. The second kappa shape index (κ2) is 10.4. The molecule has 134 valence electrons. The van der Waals surface area contributed by atoms with Crippen LogP contribution < -0.4 is 10.1 Å². The zero-order chi connectivity index (χ0) is 18.8. The summed E-state index contributed by atoms with van der Waals surface area (Å²) in [6, 6.07) is 17.1. The maximum absolute atomic E-state index is 12.4. The lowest BCUT2D eigenvalue weighted by Gasteiger charge is -2.10. The van der Waals surface area contributed by atoms with Gasteiger partial charge in [-0.2, -0.15) is 5.26 Å². The molecule has 0 heterocycles. The molecular weight excluding hydrogens is 392 g/mol. The smallest absolute Gasteiger partial charge is 0.262 e. The minimum atomic E-state index is -0.407. The molecule has 1 N–H and O–H groups in total. The summed E-state index contributed by atoms with van der Waals surface area (Å²) < 4.78 is 6.64. The quantitative estimate of drug-likeness (QED) is 0.382. The largest absolute Gasteiger partial charge is 0.493 e. The highest BCUT2D eigenvalue weighted by molar-refractivity contribution is 9.10. The van der Waals surface area contributed by atoms with Gasteiger partial charge in [-0.15, -0.1) is 0 Å². The molecule has 2 aromatic carbocycles. The van der Waals surface area contributed by atoms with Gasteiger partial charge in [0.25, 0.3) is 5.91 Å². The molecule has 0 fully saturated rings. The Labute approximate surface area is 162 Å².